The van der Waals surface area contributed by atoms with Crippen molar-refractivity contribution in [2.45, 2.75) is 33.4 Å². The summed E-state index contributed by atoms with van der Waals surface area (Å²) in [4.78, 5) is 12.1. The molecule has 1 heterocycles. The van der Waals surface area contributed by atoms with Gasteiger partial charge >= 0.3 is 6.03 Å². The number of fused-ring (bicyclic) bond motifs is 1. The quantitative estimate of drug-likeness (QED) is 0.737. The zero-order valence-electron chi connectivity index (χ0n) is 14.2. The maximum absolute atomic E-state index is 12.1. The molecule has 0 aliphatic carbocycles. The summed E-state index contributed by atoms with van der Waals surface area (Å²) >= 11 is 0. The van der Waals surface area contributed by atoms with Gasteiger partial charge in [0, 0.05) is 12.1 Å². The van der Waals surface area contributed by atoms with Crippen LogP contribution in [0.15, 0.2) is 52.9 Å². The number of furan rings is 1. The van der Waals surface area contributed by atoms with Crippen LogP contribution in [0.1, 0.15) is 35.6 Å². The first kappa shape index (κ1) is 16.1. The summed E-state index contributed by atoms with van der Waals surface area (Å²) in [7, 11) is 0. The van der Waals surface area contributed by atoms with E-state index in [0.29, 0.717) is 6.54 Å². The Bertz CT molecular complexity index is 867. The van der Waals surface area contributed by atoms with Crippen molar-refractivity contribution in [1.82, 2.24) is 10.6 Å². The third-order valence-electron chi connectivity index (χ3n) is 4.20. The topological polar surface area (TPSA) is 54.3 Å². The van der Waals surface area contributed by atoms with Crippen LogP contribution in [0.4, 0.5) is 4.79 Å². The van der Waals surface area contributed by atoms with E-state index in [1.807, 2.05) is 39.0 Å². The van der Waals surface area contributed by atoms with E-state index < -0.39 is 0 Å². The van der Waals surface area contributed by atoms with E-state index in [2.05, 4.69) is 41.0 Å². The van der Waals surface area contributed by atoms with Crippen molar-refractivity contribution >= 4 is 16.8 Å². The number of urea groups is 1. The predicted octanol–water partition coefficient (Wildman–Crippen LogP) is 4.61. The van der Waals surface area contributed by atoms with E-state index >= 15 is 0 Å². The maximum atomic E-state index is 12.1. The summed E-state index contributed by atoms with van der Waals surface area (Å²) in [6.45, 7) is 6.24. The smallest absolute Gasteiger partial charge is 0.315 e. The molecule has 1 aromatic heterocycles. The third-order valence-corrected chi connectivity index (χ3v) is 4.20. The minimum absolute atomic E-state index is 0.0678. The molecule has 4 nitrogen and oxygen atoms in total. The van der Waals surface area contributed by atoms with E-state index in [4.69, 9.17) is 4.42 Å². The normalized spacial score (nSPS) is 12.1. The second-order valence-corrected chi connectivity index (χ2v) is 6.09. The first-order valence-electron chi connectivity index (χ1n) is 8.12. The van der Waals surface area contributed by atoms with Crippen molar-refractivity contribution in [1.29, 1.82) is 0 Å². The van der Waals surface area contributed by atoms with Gasteiger partial charge in [0.05, 0.1) is 6.04 Å². The molecule has 0 saturated carbocycles. The predicted molar refractivity (Wildman–Crippen MR) is 95.9 cm³/mol. The third kappa shape index (κ3) is 3.59. The lowest BCUT2D eigenvalue weighted by Crippen LogP contribution is -2.36. The van der Waals surface area contributed by atoms with E-state index in [-0.39, 0.29) is 12.1 Å². The molecule has 0 spiro atoms. The first-order valence-corrected chi connectivity index (χ1v) is 8.12. The zero-order chi connectivity index (χ0) is 17.1. The average Bonchev–Trinajstić information content (AvgIpc) is 2.90. The molecule has 24 heavy (non-hydrogen) atoms. The number of carbonyl (C=O) groups excluding carboxylic acids is 1. The Labute approximate surface area is 141 Å². The molecule has 0 aliphatic heterocycles. The highest BCUT2D eigenvalue weighted by Crippen LogP contribution is 2.20. The number of benzene rings is 2. The Hall–Kier alpha value is -2.75. The molecular weight excluding hydrogens is 300 g/mol. The lowest BCUT2D eigenvalue weighted by Gasteiger charge is -2.15. The van der Waals surface area contributed by atoms with Gasteiger partial charge in [-0.3, -0.25) is 0 Å². The summed E-state index contributed by atoms with van der Waals surface area (Å²) in [5.41, 5.74) is 2.08. The number of hydrogen-bond acceptors (Lipinski definition) is 2. The van der Waals surface area contributed by atoms with Gasteiger partial charge in [-0.2, -0.15) is 0 Å². The van der Waals surface area contributed by atoms with Crippen molar-refractivity contribution < 1.29 is 9.21 Å². The molecular formula is C20H22N2O2. The monoisotopic (exact) mass is 322 g/mol. The standard InChI is InChI=1S/C20H22N2O2/c1-13-10-19(15(3)24-13)12-21-20(23)22-14(2)17-9-8-16-6-4-5-7-18(16)11-17/h4-11,14H,12H2,1-3H3,(H2,21,22,23). The Kier molecular flexibility index (Phi) is 4.56. The van der Waals surface area contributed by atoms with Gasteiger partial charge in [0.1, 0.15) is 11.5 Å². The largest absolute Gasteiger partial charge is 0.466 e. The molecule has 3 aromatic rings. The molecule has 2 amide bonds. The van der Waals surface area contributed by atoms with E-state index in [9.17, 15) is 4.79 Å². The number of aryl methyl sites for hydroxylation is 2. The van der Waals surface area contributed by atoms with Gasteiger partial charge < -0.3 is 15.1 Å². The summed E-state index contributed by atoms with van der Waals surface area (Å²) in [5, 5.41) is 8.23. The summed E-state index contributed by atoms with van der Waals surface area (Å²) < 4.78 is 5.47. The number of rotatable bonds is 4. The lowest BCUT2D eigenvalue weighted by atomic mass is 10.0. The van der Waals surface area contributed by atoms with Gasteiger partial charge in [-0.25, -0.2) is 4.79 Å². The van der Waals surface area contributed by atoms with Crippen LogP contribution >= 0.6 is 0 Å². The summed E-state index contributed by atoms with van der Waals surface area (Å²) in [6, 6.07) is 16.1. The molecule has 0 radical (unpaired) electrons. The maximum Gasteiger partial charge on any atom is 0.315 e. The number of hydrogen-bond donors (Lipinski definition) is 2. The van der Waals surface area contributed by atoms with Gasteiger partial charge in [-0.1, -0.05) is 36.4 Å². The molecule has 0 bridgehead atoms. The molecule has 0 fully saturated rings. The number of nitrogens with one attached hydrogen (secondary N) is 2. The van der Waals surface area contributed by atoms with Crippen molar-refractivity contribution in [3.05, 3.63) is 71.2 Å². The van der Waals surface area contributed by atoms with Crippen LogP contribution in [0.5, 0.6) is 0 Å². The minimum atomic E-state index is -0.186. The molecule has 2 aromatic carbocycles. The second-order valence-electron chi connectivity index (χ2n) is 6.09. The van der Waals surface area contributed by atoms with Crippen LogP contribution < -0.4 is 10.6 Å². The SMILES string of the molecule is Cc1cc(CNC(=O)NC(C)c2ccc3ccccc3c2)c(C)o1. The highest BCUT2D eigenvalue weighted by Gasteiger charge is 2.11. The van der Waals surface area contributed by atoms with Crippen molar-refractivity contribution in [2.75, 3.05) is 0 Å². The fourth-order valence-corrected chi connectivity index (χ4v) is 2.84. The summed E-state index contributed by atoms with van der Waals surface area (Å²) in [5.74, 6) is 1.70. The molecule has 0 aliphatic rings. The fraction of sp³-hybridized carbons (Fsp3) is 0.250. The molecule has 4 heteroatoms. The Morgan fingerprint density at radius 2 is 1.83 bits per heavy atom. The highest BCUT2D eigenvalue weighted by atomic mass is 16.3. The van der Waals surface area contributed by atoms with E-state index in [0.717, 1.165) is 22.6 Å². The fourth-order valence-electron chi connectivity index (χ4n) is 2.84. The average molecular weight is 322 g/mol. The number of carbonyl (C=O) groups is 1. The van der Waals surface area contributed by atoms with Gasteiger partial charge in [0.2, 0.25) is 0 Å². The van der Waals surface area contributed by atoms with Crippen LogP contribution in [0, 0.1) is 13.8 Å². The Morgan fingerprint density at radius 3 is 2.54 bits per heavy atom. The van der Waals surface area contributed by atoms with Gasteiger partial charge in [0.15, 0.2) is 0 Å². The molecule has 2 N–H and O–H groups in total. The van der Waals surface area contributed by atoms with Crippen molar-refractivity contribution in [3.8, 4) is 0 Å². The van der Waals surface area contributed by atoms with Gasteiger partial charge in [-0.05, 0) is 49.2 Å². The van der Waals surface area contributed by atoms with Crippen LogP contribution in [-0.4, -0.2) is 6.03 Å². The summed E-state index contributed by atoms with van der Waals surface area (Å²) in [6.07, 6.45) is 0. The first-order chi connectivity index (χ1) is 11.5. The van der Waals surface area contributed by atoms with Gasteiger partial charge in [-0.15, -0.1) is 0 Å². The number of amides is 2. The molecule has 1 unspecified atom stereocenters. The lowest BCUT2D eigenvalue weighted by molar-refractivity contribution is 0.237. The van der Waals surface area contributed by atoms with Crippen molar-refractivity contribution in [2.24, 2.45) is 0 Å². The van der Waals surface area contributed by atoms with Crippen LogP contribution in [0.3, 0.4) is 0 Å². The second kappa shape index (κ2) is 6.79. The Balaban J connectivity index is 1.61. The zero-order valence-corrected chi connectivity index (χ0v) is 14.2. The molecule has 124 valence electrons. The molecule has 1 atom stereocenters. The van der Waals surface area contributed by atoms with E-state index in [1.165, 1.54) is 10.8 Å². The minimum Gasteiger partial charge on any atom is -0.466 e. The van der Waals surface area contributed by atoms with E-state index in [1.54, 1.807) is 0 Å². The highest BCUT2D eigenvalue weighted by molar-refractivity contribution is 5.83. The Morgan fingerprint density at radius 1 is 1.08 bits per heavy atom. The van der Waals surface area contributed by atoms with Crippen LogP contribution in [-0.2, 0) is 6.54 Å². The van der Waals surface area contributed by atoms with Crippen molar-refractivity contribution in [3.63, 3.8) is 0 Å². The van der Waals surface area contributed by atoms with Crippen LogP contribution in [0.2, 0.25) is 0 Å². The van der Waals surface area contributed by atoms with Crippen LogP contribution in [0.25, 0.3) is 10.8 Å². The molecule has 3 rings (SSSR count). The van der Waals surface area contributed by atoms with Gasteiger partial charge in [0.25, 0.3) is 0 Å². The molecule has 0 saturated heterocycles.